The number of methoxy groups -OCH3 is 1. The van der Waals surface area contributed by atoms with E-state index in [2.05, 4.69) is 17.4 Å². The average Bonchev–Trinajstić information content (AvgIpc) is 2.17. The zero-order valence-electron chi connectivity index (χ0n) is 7.08. The Hall–Kier alpha value is -1.03. The number of halogens is 1. The van der Waals surface area contributed by atoms with Crippen molar-refractivity contribution in [1.82, 2.24) is 0 Å². The van der Waals surface area contributed by atoms with Crippen molar-refractivity contribution in [1.29, 1.82) is 0 Å². The van der Waals surface area contributed by atoms with Crippen LogP contribution in [0.3, 0.4) is 0 Å². The Morgan fingerprint density at radius 1 is 1.62 bits per heavy atom. The van der Waals surface area contributed by atoms with E-state index in [0.717, 1.165) is 5.56 Å². The van der Waals surface area contributed by atoms with Gasteiger partial charge in [0.1, 0.15) is 5.82 Å². The fraction of sp³-hybridized carbons (Fsp3) is 0.222. The molecule has 1 aromatic carbocycles. The summed E-state index contributed by atoms with van der Waals surface area (Å²) in [6.07, 6.45) is 0. The van der Waals surface area contributed by atoms with Crippen LogP contribution in [0.25, 0.3) is 0 Å². The largest absolute Gasteiger partial charge is 0.465 e. The van der Waals surface area contributed by atoms with Gasteiger partial charge in [-0.3, -0.25) is 0 Å². The first-order chi connectivity index (χ1) is 6.19. The molecular weight excluding hydrogens is 191 g/mol. The number of ether oxygens (including phenoxy) is 1. The van der Waals surface area contributed by atoms with Gasteiger partial charge >= 0.3 is 5.97 Å². The van der Waals surface area contributed by atoms with Gasteiger partial charge in [0.05, 0.1) is 12.7 Å². The lowest BCUT2D eigenvalue weighted by Crippen LogP contribution is -2.04. The molecule has 0 aliphatic carbocycles. The summed E-state index contributed by atoms with van der Waals surface area (Å²) in [5.74, 6) is -0.775. The molecule has 1 rings (SSSR count). The molecule has 13 heavy (non-hydrogen) atoms. The van der Waals surface area contributed by atoms with Crippen LogP contribution in [-0.2, 0) is 10.5 Å². The molecule has 0 N–H and O–H groups in total. The zero-order chi connectivity index (χ0) is 9.84. The van der Waals surface area contributed by atoms with Gasteiger partial charge in [-0.2, -0.15) is 12.6 Å². The third-order valence-electron chi connectivity index (χ3n) is 1.62. The molecule has 4 heteroatoms. The molecule has 2 nitrogen and oxygen atoms in total. The van der Waals surface area contributed by atoms with Crippen LogP contribution in [0.5, 0.6) is 0 Å². The molecule has 0 aliphatic heterocycles. The van der Waals surface area contributed by atoms with Gasteiger partial charge in [0.2, 0.25) is 0 Å². The zero-order valence-corrected chi connectivity index (χ0v) is 7.98. The van der Waals surface area contributed by atoms with Crippen LogP contribution >= 0.6 is 12.6 Å². The quantitative estimate of drug-likeness (QED) is 0.584. The second-order valence-electron chi connectivity index (χ2n) is 2.46. The minimum absolute atomic E-state index is 0.0472. The van der Waals surface area contributed by atoms with E-state index < -0.39 is 11.8 Å². The van der Waals surface area contributed by atoms with Crippen molar-refractivity contribution in [2.45, 2.75) is 5.75 Å². The van der Waals surface area contributed by atoms with Gasteiger partial charge in [0.25, 0.3) is 0 Å². The molecule has 0 heterocycles. The van der Waals surface area contributed by atoms with E-state index in [1.807, 2.05) is 0 Å². The van der Waals surface area contributed by atoms with E-state index in [1.54, 1.807) is 6.07 Å². The second-order valence-corrected chi connectivity index (χ2v) is 2.78. The Labute approximate surface area is 81.1 Å². The molecule has 0 aliphatic rings. The highest BCUT2D eigenvalue weighted by atomic mass is 32.1. The van der Waals surface area contributed by atoms with Crippen molar-refractivity contribution in [2.24, 2.45) is 0 Å². The van der Waals surface area contributed by atoms with Crippen LogP contribution in [0.1, 0.15) is 15.9 Å². The third kappa shape index (κ3) is 2.21. The highest BCUT2D eigenvalue weighted by molar-refractivity contribution is 7.79. The summed E-state index contributed by atoms with van der Waals surface area (Å²) in [4.78, 5) is 11.0. The molecule has 0 spiro atoms. The topological polar surface area (TPSA) is 26.3 Å². The van der Waals surface area contributed by atoms with Gasteiger partial charge in [0, 0.05) is 5.75 Å². The lowest BCUT2D eigenvalue weighted by atomic mass is 10.1. The van der Waals surface area contributed by atoms with Crippen LogP contribution in [0.2, 0.25) is 0 Å². The summed E-state index contributed by atoms with van der Waals surface area (Å²) in [5, 5.41) is 0. The summed E-state index contributed by atoms with van der Waals surface area (Å²) >= 11 is 4.01. The summed E-state index contributed by atoms with van der Waals surface area (Å²) in [5.41, 5.74) is 0.735. The molecule has 0 atom stereocenters. The first-order valence-corrected chi connectivity index (χ1v) is 4.30. The third-order valence-corrected chi connectivity index (χ3v) is 1.98. The van der Waals surface area contributed by atoms with E-state index in [0.29, 0.717) is 5.75 Å². The molecular formula is C9H9FO2S. The molecule has 0 aromatic heterocycles. The van der Waals surface area contributed by atoms with Crippen molar-refractivity contribution >= 4 is 18.6 Å². The van der Waals surface area contributed by atoms with Gasteiger partial charge in [-0.1, -0.05) is 6.07 Å². The van der Waals surface area contributed by atoms with Crippen molar-refractivity contribution < 1.29 is 13.9 Å². The number of esters is 1. The van der Waals surface area contributed by atoms with Crippen molar-refractivity contribution in [2.75, 3.05) is 7.11 Å². The van der Waals surface area contributed by atoms with Crippen LogP contribution in [0.4, 0.5) is 4.39 Å². The molecule has 1 aromatic rings. The van der Waals surface area contributed by atoms with Crippen molar-refractivity contribution in [3.05, 3.63) is 35.1 Å². The van der Waals surface area contributed by atoms with Gasteiger partial charge in [-0.25, -0.2) is 9.18 Å². The fourth-order valence-corrected chi connectivity index (χ4v) is 1.13. The Bertz CT molecular complexity index is 325. The predicted octanol–water partition coefficient (Wildman–Crippen LogP) is 2.04. The van der Waals surface area contributed by atoms with E-state index in [4.69, 9.17) is 0 Å². The van der Waals surface area contributed by atoms with E-state index in [1.165, 1.54) is 19.2 Å². The number of benzene rings is 1. The minimum atomic E-state index is -0.666. The predicted molar refractivity (Wildman–Crippen MR) is 50.4 cm³/mol. The van der Waals surface area contributed by atoms with E-state index in [9.17, 15) is 9.18 Å². The first kappa shape index (κ1) is 10.1. The first-order valence-electron chi connectivity index (χ1n) is 3.66. The van der Waals surface area contributed by atoms with E-state index in [-0.39, 0.29) is 5.56 Å². The number of hydrogen-bond acceptors (Lipinski definition) is 3. The minimum Gasteiger partial charge on any atom is -0.465 e. The van der Waals surface area contributed by atoms with Crippen LogP contribution in [0.15, 0.2) is 18.2 Å². The Morgan fingerprint density at radius 3 is 2.85 bits per heavy atom. The second kappa shape index (κ2) is 4.28. The molecule has 0 saturated carbocycles. The van der Waals surface area contributed by atoms with Crippen molar-refractivity contribution in [3.63, 3.8) is 0 Å². The van der Waals surface area contributed by atoms with Crippen molar-refractivity contribution in [3.8, 4) is 0 Å². The highest BCUT2D eigenvalue weighted by Crippen LogP contribution is 2.12. The normalized spacial score (nSPS) is 9.77. The maximum Gasteiger partial charge on any atom is 0.340 e. The fourth-order valence-electron chi connectivity index (χ4n) is 0.937. The van der Waals surface area contributed by atoms with E-state index >= 15 is 0 Å². The number of thiol groups is 1. The number of rotatable bonds is 2. The Balaban J connectivity index is 3.11. The molecule has 0 amide bonds. The Morgan fingerprint density at radius 2 is 2.31 bits per heavy atom. The number of carbonyl (C=O) groups excluding carboxylic acids is 1. The van der Waals surface area contributed by atoms with Gasteiger partial charge in [0.15, 0.2) is 0 Å². The summed E-state index contributed by atoms with van der Waals surface area (Å²) in [6, 6.07) is 4.25. The van der Waals surface area contributed by atoms with Gasteiger partial charge in [-0.15, -0.1) is 0 Å². The number of hydrogen-bond donors (Lipinski definition) is 1. The maximum absolute atomic E-state index is 13.0. The van der Waals surface area contributed by atoms with Crippen LogP contribution in [-0.4, -0.2) is 13.1 Å². The van der Waals surface area contributed by atoms with Gasteiger partial charge in [-0.05, 0) is 17.7 Å². The van der Waals surface area contributed by atoms with Crippen LogP contribution in [0, 0.1) is 5.82 Å². The Kier molecular flexibility index (Phi) is 3.31. The molecule has 0 unspecified atom stereocenters. The van der Waals surface area contributed by atoms with Crippen LogP contribution < -0.4 is 0 Å². The molecule has 0 fully saturated rings. The maximum atomic E-state index is 13.0. The monoisotopic (exact) mass is 200 g/mol. The average molecular weight is 200 g/mol. The smallest absolute Gasteiger partial charge is 0.340 e. The number of carbonyl (C=O) groups is 1. The molecule has 0 saturated heterocycles. The SMILES string of the molecule is COC(=O)c1cc(CS)ccc1F. The lowest BCUT2D eigenvalue weighted by molar-refractivity contribution is 0.0595. The summed E-state index contributed by atoms with van der Waals surface area (Å²) < 4.78 is 17.4. The highest BCUT2D eigenvalue weighted by Gasteiger charge is 2.11. The molecule has 70 valence electrons. The summed E-state index contributed by atoms with van der Waals surface area (Å²) in [7, 11) is 1.22. The molecule has 0 bridgehead atoms. The van der Waals surface area contributed by atoms with Gasteiger partial charge < -0.3 is 4.74 Å². The molecule has 0 radical (unpaired) electrons. The summed E-state index contributed by atoms with van der Waals surface area (Å²) in [6.45, 7) is 0. The standard InChI is InChI=1S/C9H9FO2S/c1-12-9(11)7-4-6(5-13)2-3-8(7)10/h2-4,13H,5H2,1H3. The lowest BCUT2D eigenvalue weighted by Gasteiger charge is -2.02.